The molecule has 4 aromatic rings. The number of hydrogen-bond acceptors (Lipinski definition) is 2. The van der Waals surface area contributed by atoms with Crippen LogP contribution in [0.15, 0.2) is 78.9 Å². The van der Waals surface area contributed by atoms with Gasteiger partial charge < -0.3 is 4.90 Å². The lowest BCUT2D eigenvalue weighted by atomic mass is 10.0. The van der Waals surface area contributed by atoms with Crippen LogP contribution in [0, 0.1) is 0 Å². The Labute approximate surface area is 177 Å². The average Bonchev–Trinajstić information content (AvgIpc) is 3.13. The van der Waals surface area contributed by atoms with Gasteiger partial charge in [0, 0.05) is 22.7 Å². The molecule has 1 amide bonds. The van der Waals surface area contributed by atoms with E-state index in [9.17, 15) is 4.79 Å². The van der Waals surface area contributed by atoms with Gasteiger partial charge in [0.15, 0.2) is 0 Å². The van der Waals surface area contributed by atoms with Crippen molar-refractivity contribution in [1.29, 1.82) is 0 Å². The molecular formula is C27H24N2O. The van der Waals surface area contributed by atoms with Gasteiger partial charge in [-0.3, -0.25) is 4.79 Å². The first-order valence-electron chi connectivity index (χ1n) is 10.6. The SMILES string of the molecule is CCc1ccc(-c2cc(C(=O)N3c4ccccc4CC3C)c3ccccc3n2)cc1. The molecule has 0 spiro atoms. The van der Waals surface area contributed by atoms with Crippen LogP contribution in [0.3, 0.4) is 0 Å². The highest BCUT2D eigenvalue weighted by molar-refractivity contribution is 6.15. The Bertz CT molecular complexity index is 1240. The summed E-state index contributed by atoms with van der Waals surface area (Å²) in [5.74, 6) is 0.0393. The van der Waals surface area contributed by atoms with Crippen LogP contribution in [0.4, 0.5) is 5.69 Å². The van der Waals surface area contributed by atoms with E-state index < -0.39 is 0 Å². The molecule has 0 saturated heterocycles. The van der Waals surface area contributed by atoms with Crippen molar-refractivity contribution in [2.24, 2.45) is 0 Å². The van der Waals surface area contributed by atoms with Crippen molar-refractivity contribution in [3.63, 3.8) is 0 Å². The second-order valence-electron chi connectivity index (χ2n) is 7.98. The summed E-state index contributed by atoms with van der Waals surface area (Å²) >= 11 is 0. The number of fused-ring (bicyclic) bond motifs is 2. The minimum atomic E-state index is 0.0393. The van der Waals surface area contributed by atoms with Gasteiger partial charge in [0.25, 0.3) is 5.91 Å². The summed E-state index contributed by atoms with van der Waals surface area (Å²) in [6.45, 7) is 4.26. The lowest BCUT2D eigenvalue weighted by Gasteiger charge is -2.24. The zero-order chi connectivity index (χ0) is 20.7. The fourth-order valence-electron chi connectivity index (χ4n) is 4.42. The van der Waals surface area contributed by atoms with Crippen molar-refractivity contribution >= 4 is 22.5 Å². The Morgan fingerprint density at radius 1 is 1.00 bits per heavy atom. The average molecular weight is 393 g/mol. The van der Waals surface area contributed by atoms with Crippen molar-refractivity contribution in [2.45, 2.75) is 32.7 Å². The third kappa shape index (κ3) is 3.07. The number of carbonyl (C=O) groups is 1. The Hall–Kier alpha value is -3.46. The minimum Gasteiger partial charge on any atom is -0.305 e. The first-order chi connectivity index (χ1) is 14.7. The number of pyridine rings is 1. The van der Waals surface area contributed by atoms with Gasteiger partial charge in [-0.05, 0) is 49.1 Å². The highest BCUT2D eigenvalue weighted by atomic mass is 16.2. The van der Waals surface area contributed by atoms with E-state index in [1.807, 2.05) is 53.4 Å². The third-order valence-corrected chi connectivity index (χ3v) is 6.03. The number of rotatable bonds is 3. The molecule has 3 heteroatoms. The van der Waals surface area contributed by atoms with Gasteiger partial charge in [0.2, 0.25) is 0 Å². The van der Waals surface area contributed by atoms with Crippen LogP contribution in [0.25, 0.3) is 22.2 Å². The summed E-state index contributed by atoms with van der Waals surface area (Å²) in [4.78, 5) is 20.6. The van der Waals surface area contributed by atoms with Gasteiger partial charge in [-0.2, -0.15) is 0 Å². The summed E-state index contributed by atoms with van der Waals surface area (Å²) in [6.07, 6.45) is 1.89. The second kappa shape index (κ2) is 7.42. The van der Waals surface area contributed by atoms with Crippen molar-refractivity contribution in [2.75, 3.05) is 4.90 Å². The maximum atomic E-state index is 13.8. The maximum Gasteiger partial charge on any atom is 0.259 e. The van der Waals surface area contributed by atoms with Gasteiger partial charge in [0.1, 0.15) is 0 Å². The molecule has 1 aliphatic heterocycles. The molecule has 0 N–H and O–H groups in total. The predicted octanol–water partition coefficient (Wildman–Crippen LogP) is 6.06. The van der Waals surface area contributed by atoms with Crippen molar-refractivity contribution in [1.82, 2.24) is 4.98 Å². The number of aromatic nitrogens is 1. The summed E-state index contributed by atoms with van der Waals surface area (Å²) in [7, 11) is 0. The highest BCUT2D eigenvalue weighted by Crippen LogP contribution is 2.35. The van der Waals surface area contributed by atoms with E-state index in [0.717, 1.165) is 40.7 Å². The topological polar surface area (TPSA) is 33.2 Å². The first kappa shape index (κ1) is 18.6. The fraction of sp³-hybridized carbons (Fsp3) is 0.185. The van der Waals surface area contributed by atoms with Crippen LogP contribution in [-0.4, -0.2) is 16.9 Å². The molecule has 2 heterocycles. The van der Waals surface area contributed by atoms with E-state index in [-0.39, 0.29) is 11.9 Å². The van der Waals surface area contributed by atoms with Gasteiger partial charge in [0.05, 0.1) is 16.8 Å². The monoisotopic (exact) mass is 392 g/mol. The standard InChI is InChI=1S/C27H24N2O/c1-3-19-12-14-20(15-13-19)25-17-23(22-9-5-6-10-24(22)28-25)27(30)29-18(2)16-21-8-4-7-11-26(21)29/h4-15,17-18H,3,16H2,1-2H3. The number of hydrogen-bond donors (Lipinski definition) is 0. The van der Waals surface area contributed by atoms with E-state index in [0.29, 0.717) is 5.56 Å². The van der Waals surface area contributed by atoms with Gasteiger partial charge in [-0.1, -0.05) is 67.6 Å². The molecule has 148 valence electrons. The van der Waals surface area contributed by atoms with Gasteiger partial charge in [-0.25, -0.2) is 4.98 Å². The predicted molar refractivity (Wildman–Crippen MR) is 123 cm³/mol. The van der Waals surface area contributed by atoms with E-state index >= 15 is 0 Å². The van der Waals surface area contributed by atoms with Gasteiger partial charge in [-0.15, -0.1) is 0 Å². The van der Waals surface area contributed by atoms with E-state index in [2.05, 4.69) is 44.2 Å². The van der Waals surface area contributed by atoms with Crippen LogP contribution in [0.2, 0.25) is 0 Å². The summed E-state index contributed by atoms with van der Waals surface area (Å²) in [5.41, 5.74) is 6.95. The molecule has 30 heavy (non-hydrogen) atoms. The molecule has 0 aliphatic carbocycles. The van der Waals surface area contributed by atoms with E-state index in [1.165, 1.54) is 11.1 Å². The molecular weight excluding hydrogens is 368 g/mol. The molecule has 1 atom stereocenters. The minimum absolute atomic E-state index is 0.0393. The first-order valence-corrected chi connectivity index (χ1v) is 10.6. The van der Waals surface area contributed by atoms with Crippen LogP contribution in [0.5, 0.6) is 0 Å². The van der Waals surface area contributed by atoms with E-state index in [1.54, 1.807) is 0 Å². The summed E-state index contributed by atoms with van der Waals surface area (Å²) in [6, 6.07) is 26.7. The van der Waals surface area contributed by atoms with Gasteiger partial charge >= 0.3 is 0 Å². The molecule has 0 bridgehead atoms. The fourth-order valence-corrected chi connectivity index (χ4v) is 4.42. The summed E-state index contributed by atoms with van der Waals surface area (Å²) in [5, 5.41) is 0.896. The number of para-hydroxylation sites is 2. The molecule has 1 aromatic heterocycles. The second-order valence-corrected chi connectivity index (χ2v) is 7.98. The zero-order valence-corrected chi connectivity index (χ0v) is 17.3. The molecule has 0 saturated carbocycles. The van der Waals surface area contributed by atoms with Crippen LogP contribution in [-0.2, 0) is 12.8 Å². The quantitative estimate of drug-likeness (QED) is 0.425. The Kier molecular flexibility index (Phi) is 4.59. The van der Waals surface area contributed by atoms with Crippen LogP contribution >= 0.6 is 0 Å². The van der Waals surface area contributed by atoms with Crippen LogP contribution in [0.1, 0.15) is 35.3 Å². The Balaban J connectivity index is 1.65. The molecule has 3 nitrogen and oxygen atoms in total. The number of nitrogens with zero attached hydrogens (tertiary/aromatic N) is 2. The number of amides is 1. The molecule has 3 aromatic carbocycles. The third-order valence-electron chi connectivity index (χ3n) is 6.03. The summed E-state index contributed by atoms with van der Waals surface area (Å²) < 4.78 is 0. The molecule has 1 aliphatic rings. The number of aryl methyl sites for hydroxylation is 1. The Morgan fingerprint density at radius 3 is 2.53 bits per heavy atom. The smallest absolute Gasteiger partial charge is 0.259 e. The highest BCUT2D eigenvalue weighted by Gasteiger charge is 2.32. The lowest BCUT2D eigenvalue weighted by Crippen LogP contribution is -2.35. The number of benzene rings is 3. The lowest BCUT2D eigenvalue weighted by molar-refractivity contribution is 0.0983. The largest absolute Gasteiger partial charge is 0.305 e. The maximum absolute atomic E-state index is 13.8. The molecule has 1 unspecified atom stereocenters. The normalized spacial score (nSPS) is 15.4. The Morgan fingerprint density at radius 2 is 1.73 bits per heavy atom. The molecule has 5 rings (SSSR count). The molecule has 0 radical (unpaired) electrons. The molecule has 0 fully saturated rings. The van der Waals surface area contributed by atoms with Crippen molar-refractivity contribution in [3.05, 3.63) is 95.6 Å². The zero-order valence-electron chi connectivity index (χ0n) is 17.3. The van der Waals surface area contributed by atoms with Crippen LogP contribution < -0.4 is 4.90 Å². The van der Waals surface area contributed by atoms with Crippen molar-refractivity contribution < 1.29 is 4.79 Å². The van der Waals surface area contributed by atoms with Crippen molar-refractivity contribution in [3.8, 4) is 11.3 Å². The number of carbonyl (C=O) groups excluding carboxylic acids is 1. The van der Waals surface area contributed by atoms with E-state index in [4.69, 9.17) is 4.98 Å². The number of anilines is 1.